The minimum atomic E-state index is -3.72. The van der Waals surface area contributed by atoms with Gasteiger partial charge in [0.2, 0.25) is 18.6 Å². The lowest BCUT2D eigenvalue weighted by Gasteiger charge is -2.22. The maximum atomic E-state index is 12.7. The van der Waals surface area contributed by atoms with Crippen LogP contribution in [0.4, 0.5) is 5.95 Å². The molecule has 1 unspecified atom stereocenters. The van der Waals surface area contributed by atoms with Gasteiger partial charge < -0.3 is 29.0 Å². The number of aromatic nitrogens is 4. The molecular weight excluding hydrogens is 429 g/mol. The highest BCUT2D eigenvalue weighted by atomic mass is 31.2. The Hall–Kier alpha value is -2.27. The van der Waals surface area contributed by atoms with E-state index in [-0.39, 0.29) is 18.2 Å². The summed E-state index contributed by atoms with van der Waals surface area (Å²) in [5.41, 5.74) is 5.42. The molecule has 3 rings (SSSR count). The Bertz CT molecular complexity index is 999. The van der Waals surface area contributed by atoms with Crippen LogP contribution < -0.4 is 10.5 Å². The Morgan fingerprint density at radius 3 is 2.65 bits per heavy atom. The Morgan fingerprint density at radius 1 is 1.35 bits per heavy atom. The van der Waals surface area contributed by atoms with Crippen LogP contribution in [0.15, 0.2) is 6.33 Å². The number of hydrogen-bond acceptors (Lipinski definition) is 11. The molecular formula is C18H27N5O7P. The molecule has 1 aliphatic rings. The topological polar surface area (TPSA) is 150 Å². The number of ether oxygens (including phenoxy) is 3. The molecule has 2 aromatic heterocycles. The molecule has 0 aliphatic heterocycles. The molecule has 2 aromatic rings. The van der Waals surface area contributed by atoms with E-state index in [0.29, 0.717) is 17.7 Å². The van der Waals surface area contributed by atoms with Crippen molar-refractivity contribution >= 4 is 30.7 Å². The van der Waals surface area contributed by atoms with E-state index in [1.807, 2.05) is 0 Å². The molecule has 0 saturated heterocycles. The van der Waals surface area contributed by atoms with Crippen LogP contribution in [0.25, 0.3) is 11.2 Å². The molecule has 1 radical (unpaired) electrons. The lowest BCUT2D eigenvalue weighted by Crippen LogP contribution is -2.25. The number of carbonyl (C=O) groups excluding carboxylic acids is 1. The zero-order chi connectivity index (χ0) is 22.9. The highest BCUT2D eigenvalue weighted by Gasteiger charge is 2.46. The molecule has 12 nitrogen and oxygen atoms in total. The molecule has 0 aromatic carbocycles. The Balaban J connectivity index is 1.62. The van der Waals surface area contributed by atoms with Gasteiger partial charge in [-0.15, -0.1) is 0 Å². The first-order chi connectivity index (χ1) is 14.5. The number of carbonyl (C=O) groups is 1. The summed E-state index contributed by atoms with van der Waals surface area (Å²) in [5, 5.41) is 0. The molecule has 171 valence electrons. The van der Waals surface area contributed by atoms with E-state index >= 15 is 0 Å². The maximum Gasteiger partial charge on any atom is 0.359 e. The third-order valence-corrected chi connectivity index (χ3v) is 6.02. The van der Waals surface area contributed by atoms with Crippen LogP contribution in [0.1, 0.15) is 33.6 Å². The largest absolute Gasteiger partial charge is 0.479 e. The number of esters is 1. The number of methoxy groups -OCH3 is 1. The molecule has 2 heterocycles. The van der Waals surface area contributed by atoms with Crippen molar-refractivity contribution in [2.75, 3.05) is 26.0 Å². The van der Waals surface area contributed by atoms with Crippen molar-refractivity contribution in [1.29, 1.82) is 0 Å². The normalized spacial score (nSPS) is 17.3. The average Bonchev–Trinajstić information content (AvgIpc) is 3.38. The summed E-state index contributed by atoms with van der Waals surface area (Å²) in [4.78, 5) is 24.3. The first-order valence-electron chi connectivity index (χ1n) is 9.52. The van der Waals surface area contributed by atoms with Crippen LogP contribution >= 0.6 is 7.60 Å². The Morgan fingerprint density at radius 2 is 2.06 bits per heavy atom. The number of fused-ring (bicyclic) bond motifs is 1. The van der Waals surface area contributed by atoms with E-state index in [1.54, 1.807) is 31.7 Å². The van der Waals surface area contributed by atoms with Crippen molar-refractivity contribution in [2.45, 2.75) is 45.8 Å². The maximum absolute atomic E-state index is 12.7. The van der Waals surface area contributed by atoms with Gasteiger partial charge in [-0.2, -0.15) is 9.97 Å². The van der Waals surface area contributed by atoms with Gasteiger partial charge in [-0.25, -0.2) is 4.98 Å². The highest BCUT2D eigenvalue weighted by molar-refractivity contribution is 7.53. The molecule has 13 heteroatoms. The summed E-state index contributed by atoms with van der Waals surface area (Å²) in [5.74, 6) is -0.156. The Labute approximate surface area is 179 Å². The predicted molar refractivity (Wildman–Crippen MR) is 110 cm³/mol. The molecule has 0 amide bonds. The molecule has 1 aliphatic carbocycles. The number of nitrogens with two attached hydrogens (primary N) is 1. The van der Waals surface area contributed by atoms with Crippen molar-refractivity contribution in [1.82, 2.24) is 19.5 Å². The van der Waals surface area contributed by atoms with E-state index in [0.717, 1.165) is 12.8 Å². The van der Waals surface area contributed by atoms with Gasteiger partial charge in [0, 0.05) is 0 Å². The van der Waals surface area contributed by atoms with Crippen molar-refractivity contribution in [3.63, 3.8) is 0 Å². The minimum Gasteiger partial charge on any atom is -0.479 e. The third kappa shape index (κ3) is 5.51. The van der Waals surface area contributed by atoms with Crippen molar-refractivity contribution in [3.05, 3.63) is 13.4 Å². The second-order valence-electron chi connectivity index (χ2n) is 8.26. The first-order valence-corrected chi connectivity index (χ1v) is 11.2. The van der Waals surface area contributed by atoms with Gasteiger partial charge in [0.15, 0.2) is 11.2 Å². The third-order valence-electron chi connectivity index (χ3n) is 4.69. The lowest BCUT2D eigenvalue weighted by molar-refractivity contribution is -0.160. The van der Waals surface area contributed by atoms with E-state index in [2.05, 4.69) is 22.1 Å². The van der Waals surface area contributed by atoms with Crippen LogP contribution in [-0.4, -0.2) is 51.3 Å². The van der Waals surface area contributed by atoms with Gasteiger partial charge in [-0.1, -0.05) is 0 Å². The molecule has 0 spiro atoms. The summed E-state index contributed by atoms with van der Waals surface area (Å²) in [6, 6.07) is 0. The number of anilines is 1. The van der Waals surface area contributed by atoms with Gasteiger partial charge in [0.05, 0.1) is 38.1 Å². The summed E-state index contributed by atoms with van der Waals surface area (Å²) >= 11 is 0. The van der Waals surface area contributed by atoms with E-state index < -0.39 is 31.4 Å². The van der Waals surface area contributed by atoms with Crippen molar-refractivity contribution < 1.29 is 32.6 Å². The molecule has 1 atom stereocenters. The number of rotatable bonds is 10. The standard InChI is InChI=1S/C18H27N5O7P/c1-17(2,3)15(24)28-10-30-31(25,27-5)11-29-18(6-7-18)8-23-9-20-12-13(23)21-16(19)22-14(12)26-4/h9H,5-8,10-11H2,1-4H3,(H2,19,21,22). The lowest BCUT2D eigenvalue weighted by atomic mass is 9.98. The first kappa shape index (κ1) is 23.4. The average molecular weight is 456 g/mol. The van der Waals surface area contributed by atoms with Gasteiger partial charge in [-0.3, -0.25) is 13.9 Å². The van der Waals surface area contributed by atoms with Crippen LogP contribution in [0.2, 0.25) is 0 Å². The summed E-state index contributed by atoms with van der Waals surface area (Å²) in [7, 11) is 0.950. The number of imidazole rings is 1. The van der Waals surface area contributed by atoms with Crippen LogP contribution in [0.5, 0.6) is 5.88 Å². The fourth-order valence-electron chi connectivity index (χ4n) is 2.69. The van der Waals surface area contributed by atoms with Crippen molar-refractivity contribution in [2.24, 2.45) is 5.41 Å². The van der Waals surface area contributed by atoms with E-state index in [1.165, 1.54) is 7.11 Å². The van der Waals surface area contributed by atoms with Gasteiger partial charge >= 0.3 is 13.6 Å². The van der Waals surface area contributed by atoms with Gasteiger partial charge in [-0.05, 0) is 33.6 Å². The highest BCUT2D eigenvalue weighted by Crippen LogP contribution is 2.52. The molecule has 0 bridgehead atoms. The number of nitrogens with zero attached hydrogens (tertiary/aromatic N) is 4. The fourth-order valence-corrected chi connectivity index (χ4v) is 3.56. The van der Waals surface area contributed by atoms with Crippen LogP contribution in [-0.2, 0) is 34.4 Å². The zero-order valence-electron chi connectivity index (χ0n) is 18.0. The summed E-state index contributed by atoms with van der Waals surface area (Å²) in [6.45, 7) is 4.95. The molecule has 2 N–H and O–H groups in total. The van der Waals surface area contributed by atoms with Crippen LogP contribution in [0.3, 0.4) is 0 Å². The predicted octanol–water partition coefficient (Wildman–Crippen LogP) is 2.49. The number of nitrogen functional groups attached to an aromatic ring is 1. The zero-order valence-corrected chi connectivity index (χ0v) is 18.9. The molecule has 1 saturated carbocycles. The molecule has 31 heavy (non-hydrogen) atoms. The molecule has 1 fully saturated rings. The van der Waals surface area contributed by atoms with Gasteiger partial charge in [0.25, 0.3) is 0 Å². The SMILES string of the molecule is [CH2]OP(=O)(COC1(Cn2cnc3c(OC)nc(N)nc32)CC1)OCOC(=O)C(C)(C)C. The second kappa shape index (κ2) is 8.70. The quantitative estimate of drug-likeness (QED) is 0.319. The van der Waals surface area contributed by atoms with Crippen molar-refractivity contribution in [3.8, 4) is 5.88 Å². The van der Waals surface area contributed by atoms with E-state index in [9.17, 15) is 9.36 Å². The minimum absolute atomic E-state index is 0.0602. The summed E-state index contributed by atoms with van der Waals surface area (Å²) in [6.07, 6.45) is 2.68. The number of hydrogen-bond donors (Lipinski definition) is 1. The Kier molecular flexibility index (Phi) is 6.56. The second-order valence-corrected chi connectivity index (χ2v) is 10.3. The fraction of sp³-hybridized carbons (Fsp3) is 0.611. The monoisotopic (exact) mass is 456 g/mol. The smallest absolute Gasteiger partial charge is 0.359 e. The van der Waals surface area contributed by atoms with Gasteiger partial charge in [0.1, 0.15) is 6.35 Å². The van der Waals surface area contributed by atoms with Crippen LogP contribution in [0, 0.1) is 12.5 Å². The summed E-state index contributed by atoms with van der Waals surface area (Å²) < 4.78 is 40.5. The van der Waals surface area contributed by atoms with E-state index in [4.69, 9.17) is 29.0 Å².